The van der Waals surface area contributed by atoms with Gasteiger partial charge in [-0.3, -0.25) is 14.4 Å². The maximum absolute atomic E-state index is 14.1. The minimum absolute atomic E-state index is 0.127. The van der Waals surface area contributed by atoms with E-state index in [9.17, 15) is 18.8 Å². The molecule has 0 aromatic heterocycles. The number of halogens is 1. The van der Waals surface area contributed by atoms with Gasteiger partial charge in [0.15, 0.2) is 5.78 Å². The van der Waals surface area contributed by atoms with Gasteiger partial charge in [0.2, 0.25) is 5.91 Å². The highest BCUT2D eigenvalue weighted by atomic mass is 19.1. The summed E-state index contributed by atoms with van der Waals surface area (Å²) in [6, 6.07) is 2.59. The Balaban J connectivity index is 1.94. The van der Waals surface area contributed by atoms with Crippen LogP contribution in [0.1, 0.15) is 42.1 Å². The Hall–Kier alpha value is -2.24. The van der Waals surface area contributed by atoms with Crippen LogP contribution in [0.4, 0.5) is 10.1 Å². The Morgan fingerprint density at radius 2 is 2.10 bits per heavy atom. The van der Waals surface area contributed by atoms with Crippen molar-refractivity contribution < 1.29 is 23.9 Å². The zero-order chi connectivity index (χ0) is 15.4. The van der Waals surface area contributed by atoms with E-state index >= 15 is 0 Å². The molecule has 21 heavy (non-hydrogen) atoms. The number of hydrogen-bond acceptors (Lipinski definition) is 3. The summed E-state index contributed by atoms with van der Waals surface area (Å²) in [7, 11) is 0. The van der Waals surface area contributed by atoms with Crippen LogP contribution in [0.15, 0.2) is 12.1 Å². The van der Waals surface area contributed by atoms with Gasteiger partial charge in [-0.2, -0.15) is 0 Å². The van der Waals surface area contributed by atoms with Crippen molar-refractivity contribution in [3.05, 3.63) is 29.1 Å². The van der Waals surface area contributed by atoms with Gasteiger partial charge in [-0.15, -0.1) is 0 Å². The van der Waals surface area contributed by atoms with Crippen molar-refractivity contribution in [2.24, 2.45) is 5.92 Å². The van der Waals surface area contributed by atoms with Gasteiger partial charge in [0.05, 0.1) is 17.0 Å². The number of benzene rings is 1. The van der Waals surface area contributed by atoms with E-state index in [2.05, 4.69) is 5.32 Å². The summed E-state index contributed by atoms with van der Waals surface area (Å²) in [5.41, 5.74) is 0.131. The number of aliphatic carboxylic acids is 1. The molecule has 1 spiro atoms. The molecular formula is C15H14FNO4. The number of carboxylic acid groups (broad SMARTS) is 1. The summed E-state index contributed by atoms with van der Waals surface area (Å²) in [6.45, 7) is 1.43. The Labute approximate surface area is 120 Å². The lowest BCUT2D eigenvalue weighted by atomic mass is 9.92. The van der Waals surface area contributed by atoms with Crippen LogP contribution < -0.4 is 5.32 Å². The molecule has 6 heteroatoms. The molecule has 1 aliphatic heterocycles. The molecule has 110 valence electrons. The zero-order valence-corrected chi connectivity index (χ0v) is 11.4. The van der Waals surface area contributed by atoms with E-state index in [1.807, 2.05) is 0 Å². The predicted molar refractivity (Wildman–Crippen MR) is 71.7 cm³/mol. The van der Waals surface area contributed by atoms with Gasteiger partial charge >= 0.3 is 5.97 Å². The van der Waals surface area contributed by atoms with Crippen molar-refractivity contribution in [2.75, 3.05) is 5.32 Å². The van der Waals surface area contributed by atoms with Crippen LogP contribution in [-0.2, 0) is 15.0 Å². The van der Waals surface area contributed by atoms with Crippen LogP contribution in [0.3, 0.4) is 0 Å². The van der Waals surface area contributed by atoms with Gasteiger partial charge in [-0.25, -0.2) is 4.39 Å². The van der Waals surface area contributed by atoms with Crippen LogP contribution in [0, 0.1) is 11.7 Å². The van der Waals surface area contributed by atoms with Crippen LogP contribution in [-0.4, -0.2) is 22.8 Å². The minimum Gasteiger partial charge on any atom is -0.481 e. The van der Waals surface area contributed by atoms with E-state index < -0.39 is 28.9 Å². The van der Waals surface area contributed by atoms with Crippen molar-refractivity contribution in [1.82, 2.24) is 0 Å². The Bertz CT molecular complexity index is 678. The summed E-state index contributed by atoms with van der Waals surface area (Å²) in [5, 5.41) is 11.4. The lowest BCUT2D eigenvalue weighted by molar-refractivity contribution is -0.141. The minimum atomic E-state index is -1.07. The van der Waals surface area contributed by atoms with E-state index in [-0.39, 0.29) is 23.6 Å². The van der Waals surface area contributed by atoms with E-state index in [4.69, 9.17) is 5.11 Å². The van der Waals surface area contributed by atoms with Crippen LogP contribution in [0.25, 0.3) is 0 Å². The predicted octanol–water partition coefficient (Wildman–Crippen LogP) is 2.10. The van der Waals surface area contributed by atoms with Crippen LogP contribution in [0.5, 0.6) is 0 Å². The number of amides is 1. The number of rotatable bonds is 4. The van der Waals surface area contributed by atoms with Gasteiger partial charge < -0.3 is 10.4 Å². The molecule has 2 N–H and O–H groups in total. The largest absolute Gasteiger partial charge is 0.481 e. The summed E-state index contributed by atoms with van der Waals surface area (Å²) in [4.78, 5) is 34.8. The molecule has 1 saturated carbocycles. The third-order valence-corrected chi connectivity index (χ3v) is 4.26. The molecule has 1 unspecified atom stereocenters. The second-order valence-corrected chi connectivity index (χ2v) is 5.78. The maximum Gasteiger partial charge on any atom is 0.306 e. The number of carbonyl (C=O) groups is 3. The average molecular weight is 291 g/mol. The van der Waals surface area contributed by atoms with Crippen molar-refractivity contribution in [1.29, 1.82) is 0 Å². The molecule has 0 saturated heterocycles. The normalized spacial score (nSPS) is 19.0. The Kier molecular flexibility index (Phi) is 2.86. The van der Waals surface area contributed by atoms with Crippen molar-refractivity contribution in [3.8, 4) is 0 Å². The molecule has 0 bridgehead atoms. The molecule has 1 heterocycles. The molecular weight excluding hydrogens is 277 g/mol. The molecule has 1 fully saturated rings. The number of Topliss-reactive ketones (excluding diaryl/α,β-unsaturated/α-hetero) is 1. The van der Waals surface area contributed by atoms with E-state index in [1.54, 1.807) is 0 Å². The number of nitrogens with one attached hydrogen (secondary N) is 1. The standard InChI is InChI=1S/C15H14FNO4/c1-7(13(19)20)4-11(18)8-5-9-12(10(16)6-8)17-14(21)15(9)2-3-15/h5-7H,2-4H2,1H3,(H,17,21)(H,19,20). The number of carboxylic acids is 1. The first-order valence-corrected chi connectivity index (χ1v) is 6.76. The van der Waals surface area contributed by atoms with Gasteiger partial charge in [0.25, 0.3) is 0 Å². The first-order chi connectivity index (χ1) is 9.85. The summed E-state index contributed by atoms with van der Waals surface area (Å²) in [6.07, 6.45) is 1.10. The molecule has 1 aromatic rings. The molecule has 1 aliphatic carbocycles. The Morgan fingerprint density at radius 3 is 2.67 bits per heavy atom. The van der Waals surface area contributed by atoms with E-state index in [0.717, 1.165) is 6.07 Å². The lowest BCUT2D eigenvalue weighted by Crippen LogP contribution is -2.18. The number of anilines is 1. The highest BCUT2D eigenvalue weighted by molar-refractivity contribution is 6.09. The topological polar surface area (TPSA) is 83.5 Å². The van der Waals surface area contributed by atoms with Crippen molar-refractivity contribution in [3.63, 3.8) is 0 Å². The smallest absolute Gasteiger partial charge is 0.306 e. The molecule has 5 nitrogen and oxygen atoms in total. The third kappa shape index (κ3) is 2.02. The van der Waals surface area contributed by atoms with E-state index in [1.165, 1.54) is 13.0 Å². The fourth-order valence-electron chi connectivity index (χ4n) is 2.73. The lowest BCUT2D eigenvalue weighted by Gasteiger charge is -2.09. The SMILES string of the molecule is CC(CC(=O)c1cc(F)c2c(c1)C1(CC1)C(=O)N2)C(=O)O. The highest BCUT2D eigenvalue weighted by Gasteiger charge is 2.57. The van der Waals surface area contributed by atoms with Crippen LogP contribution in [0.2, 0.25) is 0 Å². The summed E-state index contributed by atoms with van der Waals surface area (Å²) in [5.74, 6) is -3.19. The monoisotopic (exact) mass is 291 g/mol. The number of carbonyl (C=O) groups excluding carboxylic acids is 2. The van der Waals surface area contributed by atoms with Gasteiger partial charge in [-0.1, -0.05) is 6.92 Å². The quantitative estimate of drug-likeness (QED) is 0.832. The second-order valence-electron chi connectivity index (χ2n) is 5.78. The Morgan fingerprint density at radius 1 is 1.43 bits per heavy atom. The fourth-order valence-corrected chi connectivity index (χ4v) is 2.73. The first-order valence-electron chi connectivity index (χ1n) is 6.76. The molecule has 2 aliphatic rings. The fraction of sp³-hybridized carbons (Fsp3) is 0.400. The van der Waals surface area contributed by atoms with Gasteiger partial charge in [0, 0.05) is 12.0 Å². The molecule has 1 atom stereocenters. The summed E-state index contributed by atoms with van der Waals surface area (Å²) < 4.78 is 14.1. The number of ketones is 1. The van der Waals surface area contributed by atoms with Gasteiger partial charge in [0.1, 0.15) is 5.82 Å². The first kappa shape index (κ1) is 13.7. The third-order valence-electron chi connectivity index (χ3n) is 4.26. The second kappa shape index (κ2) is 4.38. The molecule has 0 radical (unpaired) electrons. The average Bonchev–Trinajstić information content (AvgIpc) is 3.16. The highest BCUT2D eigenvalue weighted by Crippen LogP contribution is 2.55. The van der Waals surface area contributed by atoms with Crippen LogP contribution >= 0.6 is 0 Å². The molecule has 1 amide bonds. The van der Waals surface area contributed by atoms with Crippen molar-refractivity contribution in [2.45, 2.75) is 31.6 Å². The molecule has 3 rings (SSSR count). The van der Waals surface area contributed by atoms with Gasteiger partial charge in [-0.05, 0) is 30.5 Å². The van der Waals surface area contributed by atoms with Crippen molar-refractivity contribution >= 4 is 23.3 Å². The number of fused-ring (bicyclic) bond motifs is 2. The zero-order valence-electron chi connectivity index (χ0n) is 11.4. The summed E-state index contributed by atoms with van der Waals surface area (Å²) >= 11 is 0. The molecule has 1 aromatic carbocycles. The number of hydrogen-bond donors (Lipinski definition) is 2. The van der Waals surface area contributed by atoms with E-state index in [0.29, 0.717) is 18.4 Å². The maximum atomic E-state index is 14.1.